The summed E-state index contributed by atoms with van der Waals surface area (Å²) in [7, 11) is 7.12. The summed E-state index contributed by atoms with van der Waals surface area (Å²) in [6.07, 6.45) is 3.32. The molecule has 0 atom stereocenters. The van der Waals surface area contributed by atoms with Gasteiger partial charge in [0.05, 0.1) is 29.5 Å². The van der Waals surface area contributed by atoms with Crippen LogP contribution in [0.15, 0.2) is 36.4 Å². The largest absolute Gasteiger partial charge is 0.493 e. The van der Waals surface area contributed by atoms with Crippen molar-refractivity contribution >= 4 is 50.3 Å². The van der Waals surface area contributed by atoms with E-state index in [-0.39, 0.29) is 5.91 Å². The highest BCUT2D eigenvalue weighted by Gasteiger charge is 2.20. The van der Waals surface area contributed by atoms with Crippen molar-refractivity contribution in [2.45, 2.75) is 6.92 Å². The van der Waals surface area contributed by atoms with Gasteiger partial charge in [-0.15, -0.1) is 0 Å². The molecule has 0 saturated carbocycles. The van der Waals surface area contributed by atoms with Crippen molar-refractivity contribution in [2.75, 3.05) is 46.3 Å². The number of nitrogens with zero attached hydrogens (tertiary/aromatic N) is 3. The second-order valence-corrected chi connectivity index (χ2v) is 8.66. The fraction of sp³-hybridized carbons (Fsp3) is 0.304. The zero-order chi connectivity index (χ0) is 22.5. The van der Waals surface area contributed by atoms with E-state index in [2.05, 4.69) is 0 Å². The number of carbonyl (C=O) groups excluding carboxylic acids is 1. The molecule has 164 valence electrons. The highest BCUT2D eigenvalue weighted by atomic mass is 35.5. The number of anilines is 1. The van der Waals surface area contributed by atoms with Gasteiger partial charge in [-0.2, -0.15) is 0 Å². The van der Waals surface area contributed by atoms with Crippen molar-refractivity contribution in [1.29, 1.82) is 0 Å². The van der Waals surface area contributed by atoms with Crippen molar-refractivity contribution in [3.8, 4) is 11.5 Å². The van der Waals surface area contributed by atoms with Gasteiger partial charge in [0.25, 0.3) is 5.91 Å². The van der Waals surface area contributed by atoms with E-state index >= 15 is 0 Å². The van der Waals surface area contributed by atoms with Gasteiger partial charge in [0, 0.05) is 19.2 Å². The molecule has 3 rings (SSSR count). The number of rotatable bonds is 8. The molecule has 0 saturated heterocycles. The number of ether oxygens (including phenoxy) is 2. The molecule has 0 bridgehead atoms. The van der Waals surface area contributed by atoms with Crippen LogP contribution in [-0.4, -0.2) is 57.2 Å². The van der Waals surface area contributed by atoms with Crippen molar-refractivity contribution in [1.82, 2.24) is 9.88 Å². The minimum Gasteiger partial charge on any atom is -0.493 e. The quantitative estimate of drug-likeness (QED) is 0.449. The molecule has 0 aliphatic heterocycles. The predicted molar refractivity (Wildman–Crippen MR) is 129 cm³/mol. The molecular formula is C23H26ClN3O3S. The maximum absolute atomic E-state index is 13.2. The summed E-state index contributed by atoms with van der Waals surface area (Å²) in [4.78, 5) is 21.6. The lowest BCUT2D eigenvalue weighted by atomic mass is 10.2. The summed E-state index contributed by atoms with van der Waals surface area (Å²) in [5.74, 6) is 1.10. The highest BCUT2D eigenvalue weighted by Crippen LogP contribution is 2.36. The number of benzene rings is 2. The van der Waals surface area contributed by atoms with E-state index in [1.165, 1.54) is 11.3 Å². The van der Waals surface area contributed by atoms with E-state index in [1.807, 2.05) is 56.3 Å². The molecule has 1 heterocycles. The van der Waals surface area contributed by atoms with Gasteiger partial charge in [0.1, 0.15) is 0 Å². The SMILES string of the molecule is COc1ccc(C=CC(=O)N(CCN(C)C)c2nc3c(C)ccc(Cl)c3s2)cc1OC. The van der Waals surface area contributed by atoms with Gasteiger partial charge in [0.15, 0.2) is 16.6 Å². The molecular weight excluding hydrogens is 434 g/mol. The Morgan fingerprint density at radius 1 is 1.13 bits per heavy atom. The first kappa shape index (κ1) is 23.1. The van der Waals surface area contributed by atoms with Crippen LogP contribution in [0.3, 0.4) is 0 Å². The number of methoxy groups -OCH3 is 2. The number of amides is 1. The van der Waals surface area contributed by atoms with Gasteiger partial charge < -0.3 is 14.4 Å². The van der Waals surface area contributed by atoms with Crippen LogP contribution in [0.2, 0.25) is 5.02 Å². The maximum Gasteiger partial charge on any atom is 0.252 e. The zero-order valence-corrected chi connectivity index (χ0v) is 19.9. The highest BCUT2D eigenvalue weighted by molar-refractivity contribution is 7.23. The summed E-state index contributed by atoms with van der Waals surface area (Å²) < 4.78 is 11.5. The minimum atomic E-state index is -0.149. The Morgan fingerprint density at radius 3 is 2.52 bits per heavy atom. The van der Waals surface area contributed by atoms with E-state index < -0.39 is 0 Å². The Hall–Kier alpha value is -2.61. The van der Waals surface area contributed by atoms with Crippen LogP contribution in [0.4, 0.5) is 5.13 Å². The third kappa shape index (κ3) is 5.36. The van der Waals surface area contributed by atoms with Gasteiger partial charge in [-0.3, -0.25) is 9.69 Å². The molecule has 3 aromatic rings. The van der Waals surface area contributed by atoms with Crippen LogP contribution in [0.5, 0.6) is 11.5 Å². The first-order valence-corrected chi connectivity index (χ1v) is 11.0. The van der Waals surface area contributed by atoms with Gasteiger partial charge in [-0.05, 0) is 56.4 Å². The van der Waals surface area contributed by atoms with Crippen molar-refractivity contribution < 1.29 is 14.3 Å². The molecule has 1 aromatic heterocycles. The topological polar surface area (TPSA) is 54.9 Å². The monoisotopic (exact) mass is 459 g/mol. The van der Waals surface area contributed by atoms with Crippen molar-refractivity contribution in [2.24, 2.45) is 0 Å². The fourth-order valence-electron chi connectivity index (χ4n) is 3.02. The van der Waals surface area contributed by atoms with E-state index in [0.717, 1.165) is 21.3 Å². The Bertz CT molecular complexity index is 1070. The summed E-state index contributed by atoms with van der Waals surface area (Å²) in [6, 6.07) is 9.32. The minimum absolute atomic E-state index is 0.149. The van der Waals surface area contributed by atoms with Crippen LogP contribution in [0.1, 0.15) is 11.1 Å². The molecule has 8 heteroatoms. The molecule has 0 spiro atoms. The normalized spacial score (nSPS) is 11.5. The third-order valence-electron chi connectivity index (χ3n) is 4.78. The lowest BCUT2D eigenvalue weighted by Gasteiger charge is -2.20. The smallest absolute Gasteiger partial charge is 0.252 e. The lowest BCUT2D eigenvalue weighted by molar-refractivity contribution is -0.114. The Morgan fingerprint density at radius 2 is 1.87 bits per heavy atom. The van der Waals surface area contributed by atoms with Gasteiger partial charge >= 0.3 is 0 Å². The molecule has 2 aromatic carbocycles. The average Bonchev–Trinajstić information content (AvgIpc) is 3.21. The number of thiazole rings is 1. The molecule has 0 radical (unpaired) electrons. The molecule has 0 aliphatic rings. The Labute approximate surface area is 191 Å². The van der Waals surface area contributed by atoms with Crippen molar-refractivity contribution in [3.63, 3.8) is 0 Å². The van der Waals surface area contributed by atoms with E-state index in [0.29, 0.717) is 34.7 Å². The average molecular weight is 460 g/mol. The Balaban J connectivity index is 1.92. The van der Waals surface area contributed by atoms with E-state index in [4.69, 9.17) is 26.1 Å². The second-order valence-electron chi connectivity index (χ2n) is 7.28. The number of likely N-dealkylation sites (N-methyl/N-ethyl adjacent to an activating group) is 1. The zero-order valence-electron chi connectivity index (χ0n) is 18.3. The summed E-state index contributed by atoms with van der Waals surface area (Å²) in [5.41, 5.74) is 2.70. The molecule has 6 nitrogen and oxygen atoms in total. The van der Waals surface area contributed by atoms with E-state index in [9.17, 15) is 4.79 Å². The molecule has 0 aliphatic carbocycles. The number of carbonyl (C=O) groups is 1. The molecule has 0 unspecified atom stereocenters. The summed E-state index contributed by atoms with van der Waals surface area (Å²) in [6.45, 7) is 3.21. The van der Waals surface area contributed by atoms with Gasteiger partial charge in [0.2, 0.25) is 0 Å². The predicted octanol–water partition coefficient (Wildman–Crippen LogP) is 4.88. The molecule has 31 heavy (non-hydrogen) atoms. The summed E-state index contributed by atoms with van der Waals surface area (Å²) >= 11 is 7.80. The molecule has 0 fully saturated rings. The molecule has 0 N–H and O–H groups in total. The number of hydrogen-bond donors (Lipinski definition) is 0. The van der Waals surface area contributed by atoms with Gasteiger partial charge in [-0.1, -0.05) is 35.1 Å². The first-order valence-electron chi connectivity index (χ1n) is 9.76. The van der Waals surface area contributed by atoms with E-state index in [1.54, 1.807) is 31.3 Å². The Kier molecular flexibility index (Phi) is 7.54. The molecule has 1 amide bonds. The van der Waals surface area contributed by atoms with Crippen LogP contribution in [-0.2, 0) is 4.79 Å². The summed E-state index contributed by atoms with van der Waals surface area (Å²) in [5, 5.41) is 1.28. The fourth-order valence-corrected chi connectivity index (χ4v) is 4.37. The maximum atomic E-state index is 13.2. The lowest BCUT2D eigenvalue weighted by Crippen LogP contribution is -2.35. The van der Waals surface area contributed by atoms with Crippen LogP contribution in [0, 0.1) is 6.92 Å². The van der Waals surface area contributed by atoms with Crippen LogP contribution < -0.4 is 14.4 Å². The number of halogens is 1. The number of hydrogen-bond acceptors (Lipinski definition) is 6. The second kappa shape index (κ2) is 10.1. The first-order chi connectivity index (χ1) is 14.8. The number of aryl methyl sites for hydroxylation is 1. The van der Waals surface area contributed by atoms with Crippen molar-refractivity contribution in [3.05, 3.63) is 52.6 Å². The third-order valence-corrected chi connectivity index (χ3v) is 6.32. The van der Waals surface area contributed by atoms with Crippen LogP contribution >= 0.6 is 22.9 Å². The number of aromatic nitrogens is 1. The van der Waals surface area contributed by atoms with Crippen LogP contribution in [0.25, 0.3) is 16.3 Å². The number of fused-ring (bicyclic) bond motifs is 1. The standard InChI is InChI=1S/C23H26ClN3O3S/c1-15-6-9-17(24)22-21(15)25-23(31-22)27(13-12-26(2)3)20(28)11-8-16-7-10-18(29-4)19(14-16)30-5/h6-11,14H,12-13H2,1-5H3. The van der Waals surface area contributed by atoms with Gasteiger partial charge in [-0.25, -0.2) is 4.98 Å².